The van der Waals surface area contributed by atoms with Gasteiger partial charge in [-0.15, -0.1) is 0 Å². The normalized spacial score (nSPS) is 12.1. The lowest BCUT2D eigenvalue weighted by Crippen LogP contribution is -2.13. The predicted molar refractivity (Wildman–Crippen MR) is 83.2 cm³/mol. The van der Waals surface area contributed by atoms with Crippen LogP contribution in [0.1, 0.15) is 5.56 Å². The second-order valence-electron chi connectivity index (χ2n) is 4.87. The van der Waals surface area contributed by atoms with Gasteiger partial charge in [0.2, 0.25) is 0 Å². The Kier molecular flexibility index (Phi) is 4.17. The molecule has 0 bridgehead atoms. The standard InChI is InChI=1S/C14H15NO5S2/c1-10-3-8-13(16)14(9-10)22(19,20)15-11-4-6-12(7-5-11)21(2,17)18/h3-9,15-16H,1-2H3. The molecule has 0 unspecified atom stereocenters. The molecule has 2 rings (SSSR count). The summed E-state index contributed by atoms with van der Waals surface area (Å²) in [7, 11) is -7.31. The summed E-state index contributed by atoms with van der Waals surface area (Å²) in [6.45, 7) is 1.71. The maximum atomic E-state index is 12.3. The van der Waals surface area contributed by atoms with Crippen LogP contribution in [0.3, 0.4) is 0 Å². The molecule has 0 aliphatic carbocycles. The number of sulfonamides is 1. The Labute approximate surface area is 129 Å². The van der Waals surface area contributed by atoms with E-state index < -0.39 is 19.9 Å². The van der Waals surface area contributed by atoms with Crippen molar-refractivity contribution in [2.75, 3.05) is 11.0 Å². The second-order valence-corrected chi connectivity index (χ2v) is 8.54. The number of anilines is 1. The molecule has 0 aromatic heterocycles. The van der Waals surface area contributed by atoms with Crippen molar-refractivity contribution in [2.45, 2.75) is 16.7 Å². The maximum absolute atomic E-state index is 12.3. The number of aryl methyl sites for hydroxylation is 1. The van der Waals surface area contributed by atoms with E-state index in [4.69, 9.17) is 0 Å². The zero-order chi connectivity index (χ0) is 16.5. The van der Waals surface area contributed by atoms with Crippen LogP contribution in [-0.2, 0) is 19.9 Å². The fourth-order valence-corrected chi connectivity index (χ4v) is 3.69. The topological polar surface area (TPSA) is 101 Å². The summed E-state index contributed by atoms with van der Waals surface area (Å²) < 4.78 is 49.6. The van der Waals surface area contributed by atoms with Crippen LogP contribution in [0.5, 0.6) is 5.75 Å². The molecular weight excluding hydrogens is 326 g/mol. The van der Waals surface area contributed by atoms with Gasteiger partial charge in [0.15, 0.2) is 9.84 Å². The van der Waals surface area contributed by atoms with Gasteiger partial charge in [-0.1, -0.05) is 6.07 Å². The molecule has 8 heteroatoms. The van der Waals surface area contributed by atoms with Gasteiger partial charge in [-0.25, -0.2) is 16.8 Å². The Morgan fingerprint density at radius 2 is 1.55 bits per heavy atom. The zero-order valence-corrected chi connectivity index (χ0v) is 13.6. The number of hydrogen-bond donors (Lipinski definition) is 2. The SMILES string of the molecule is Cc1ccc(O)c(S(=O)(=O)Nc2ccc(S(C)(=O)=O)cc2)c1. The Bertz CT molecular complexity index is 901. The number of rotatable bonds is 4. The van der Waals surface area contributed by atoms with Crippen LogP contribution in [0.15, 0.2) is 52.3 Å². The first kappa shape index (κ1) is 16.3. The average molecular weight is 341 g/mol. The van der Waals surface area contributed by atoms with Gasteiger partial charge in [0.05, 0.1) is 4.90 Å². The molecule has 0 saturated heterocycles. The Morgan fingerprint density at radius 3 is 2.09 bits per heavy atom. The van der Waals surface area contributed by atoms with E-state index in [9.17, 15) is 21.9 Å². The highest BCUT2D eigenvalue weighted by molar-refractivity contribution is 7.92. The molecule has 0 spiro atoms. The fraction of sp³-hybridized carbons (Fsp3) is 0.143. The van der Waals surface area contributed by atoms with E-state index in [0.717, 1.165) is 6.26 Å². The van der Waals surface area contributed by atoms with Crippen molar-refractivity contribution in [3.63, 3.8) is 0 Å². The molecule has 2 aromatic rings. The minimum absolute atomic E-state index is 0.0915. The molecule has 0 aliphatic heterocycles. The molecule has 118 valence electrons. The summed E-state index contributed by atoms with van der Waals surface area (Å²) >= 11 is 0. The molecule has 0 fully saturated rings. The van der Waals surface area contributed by atoms with Crippen LogP contribution in [0.25, 0.3) is 0 Å². The lowest BCUT2D eigenvalue weighted by atomic mass is 10.2. The van der Waals surface area contributed by atoms with Crippen molar-refractivity contribution >= 4 is 25.5 Å². The molecular formula is C14H15NO5S2. The average Bonchev–Trinajstić information content (AvgIpc) is 2.40. The summed E-state index contributed by atoms with van der Waals surface area (Å²) in [5.74, 6) is -0.356. The monoisotopic (exact) mass is 341 g/mol. The van der Waals surface area contributed by atoms with Crippen LogP contribution in [0.4, 0.5) is 5.69 Å². The van der Waals surface area contributed by atoms with Crippen molar-refractivity contribution in [1.82, 2.24) is 0 Å². The lowest BCUT2D eigenvalue weighted by Gasteiger charge is -2.10. The zero-order valence-electron chi connectivity index (χ0n) is 11.9. The molecule has 0 aliphatic rings. The third kappa shape index (κ3) is 3.58. The number of benzene rings is 2. The fourth-order valence-electron chi connectivity index (χ4n) is 1.82. The van der Waals surface area contributed by atoms with Gasteiger partial charge in [-0.2, -0.15) is 0 Å². The molecule has 2 N–H and O–H groups in total. The van der Waals surface area contributed by atoms with Crippen LogP contribution in [0, 0.1) is 6.92 Å². The molecule has 6 nitrogen and oxygen atoms in total. The minimum Gasteiger partial charge on any atom is -0.507 e. The van der Waals surface area contributed by atoms with Crippen molar-refractivity contribution in [3.05, 3.63) is 48.0 Å². The van der Waals surface area contributed by atoms with E-state index in [2.05, 4.69) is 4.72 Å². The summed E-state index contributed by atoms with van der Waals surface area (Å²) in [6, 6.07) is 9.56. The van der Waals surface area contributed by atoms with Crippen LogP contribution >= 0.6 is 0 Å². The van der Waals surface area contributed by atoms with Gasteiger partial charge >= 0.3 is 0 Å². The van der Waals surface area contributed by atoms with Crippen LogP contribution < -0.4 is 4.72 Å². The number of aromatic hydroxyl groups is 1. The maximum Gasteiger partial charge on any atom is 0.265 e. The molecule has 0 amide bonds. The summed E-state index contributed by atoms with van der Waals surface area (Å²) in [5.41, 5.74) is 0.888. The minimum atomic E-state index is -3.96. The Hall–Kier alpha value is -2.06. The number of sulfone groups is 1. The van der Waals surface area contributed by atoms with E-state index in [1.54, 1.807) is 13.0 Å². The van der Waals surface area contributed by atoms with Gasteiger partial charge in [0, 0.05) is 11.9 Å². The molecule has 2 aromatic carbocycles. The lowest BCUT2D eigenvalue weighted by molar-refractivity contribution is 0.459. The molecule has 0 atom stereocenters. The van der Waals surface area contributed by atoms with Crippen molar-refractivity contribution in [2.24, 2.45) is 0 Å². The second kappa shape index (κ2) is 5.62. The van der Waals surface area contributed by atoms with E-state index in [0.29, 0.717) is 5.56 Å². The molecule has 0 radical (unpaired) electrons. The highest BCUT2D eigenvalue weighted by Crippen LogP contribution is 2.26. The Morgan fingerprint density at radius 1 is 0.955 bits per heavy atom. The molecule has 0 heterocycles. The van der Waals surface area contributed by atoms with Crippen LogP contribution in [0.2, 0.25) is 0 Å². The Balaban J connectivity index is 2.35. The largest absolute Gasteiger partial charge is 0.507 e. The number of phenolic OH excluding ortho intramolecular Hbond substituents is 1. The highest BCUT2D eigenvalue weighted by Gasteiger charge is 2.19. The highest BCUT2D eigenvalue weighted by atomic mass is 32.2. The summed E-state index contributed by atoms with van der Waals surface area (Å²) in [6.07, 6.45) is 1.07. The third-order valence-electron chi connectivity index (χ3n) is 2.94. The van der Waals surface area contributed by atoms with E-state index >= 15 is 0 Å². The van der Waals surface area contributed by atoms with Crippen molar-refractivity contribution < 1.29 is 21.9 Å². The van der Waals surface area contributed by atoms with Crippen LogP contribution in [-0.4, -0.2) is 28.2 Å². The van der Waals surface area contributed by atoms with Gasteiger partial charge in [0.25, 0.3) is 10.0 Å². The van der Waals surface area contributed by atoms with Gasteiger partial charge < -0.3 is 5.11 Å². The third-order valence-corrected chi connectivity index (χ3v) is 5.48. The summed E-state index contributed by atoms with van der Waals surface area (Å²) in [4.78, 5) is -0.145. The van der Waals surface area contributed by atoms with E-state index in [1.165, 1.54) is 36.4 Å². The first-order valence-electron chi connectivity index (χ1n) is 6.22. The number of hydrogen-bond acceptors (Lipinski definition) is 5. The summed E-state index contributed by atoms with van der Waals surface area (Å²) in [5, 5.41) is 9.70. The first-order valence-corrected chi connectivity index (χ1v) is 9.59. The predicted octanol–water partition coefficient (Wildman–Crippen LogP) is 1.90. The quantitative estimate of drug-likeness (QED) is 0.884. The first-order chi connectivity index (χ1) is 10.1. The van der Waals surface area contributed by atoms with Crippen molar-refractivity contribution in [3.8, 4) is 5.75 Å². The van der Waals surface area contributed by atoms with Gasteiger partial charge in [-0.3, -0.25) is 4.72 Å². The number of phenols is 1. The van der Waals surface area contributed by atoms with Crippen molar-refractivity contribution in [1.29, 1.82) is 0 Å². The number of nitrogens with one attached hydrogen (secondary N) is 1. The van der Waals surface area contributed by atoms with Gasteiger partial charge in [-0.05, 0) is 48.9 Å². The molecule has 22 heavy (non-hydrogen) atoms. The molecule has 0 saturated carbocycles. The van der Waals surface area contributed by atoms with E-state index in [-0.39, 0.29) is 21.2 Å². The van der Waals surface area contributed by atoms with Gasteiger partial charge in [0.1, 0.15) is 10.6 Å². The smallest absolute Gasteiger partial charge is 0.265 e. The van der Waals surface area contributed by atoms with E-state index in [1.807, 2.05) is 0 Å².